The summed E-state index contributed by atoms with van der Waals surface area (Å²) in [5, 5.41) is 2.87. The molecule has 1 N–H and O–H groups in total. The average Bonchev–Trinajstić information content (AvgIpc) is 3.17. The fourth-order valence-corrected chi connectivity index (χ4v) is 3.09. The number of hydrogen-bond donors (Lipinski definition) is 1. The number of benzene rings is 1. The van der Waals surface area contributed by atoms with Crippen molar-refractivity contribution < 1.29 is 9.59 Å². The Morgan fingerprint density at radius 3 is 2.35 bits per heavy atom. The topological polar surface area (TPSA) is 65.5 Å². The molecular weight excluding hydrogens is 328 g/mol. The van der Waals surface area contributed by atoms with Gasteiger partial charge >= 0.3 is 0 Å². The normalized spacial score (nSPS) is 13.5. The number of hydrogen-bond acceptors (Lipinski definition) is 4. The lowest BCUT2D eigenvalue weighted by molar-refractivity contribution is -0.133. The van der Waals surface area contributed by atoms with Crippen molar-refractivity contribution in [2.45, 2.75) is 26.3 Å². The predicted molar refractivity (Wildman–Crippen MR) is 102 cm³/mol. The maximum Gasteiger partial charge on any atom is 0.244 e. The van der Waals surface area contributed by atoms with Gasteiger partial charge in [-0.05, 0) is 54.8 Å². The van der Waals surface area contributed by atoms with E-state index in [1.165, 1.54) is 30.4 Å². The Bertz CT molecular complexity index is 740. The van der Waals surface area contributed by atoms with Crippen molar-refractivity contribution in [2.75, 3.05) is 29.9 Å². The lowest BCUT2D eigenvalue weighted by Crippen LogP contribution is -2.36. The minimum absolute atomic E-state index is 0.0194. The summed E-state index contributed by atoms with van der Waals surface area (Å²) in [5.41, 5.74) is 2.87. The minimum Gasteiger partial charge on any atom is -0.372 e. The maximum absolute atomic E-state index is 12.3. The van der Waals surface area contributed by atoms with Gasteiger partial charge in [0, 0.05) is 50.3 Å². The van der Waals surface area contributed by atoms with Gasteiger partial charge in [0.15, 0.2) is 0 Å². The van der Waals surface area contributed by atoms with Gasteiger partial charge in [-0.3, -0.25) is 14.6 Å². The molecule has 0 bridgehead atoms. The van der Waals surface area contributed by atoms with E-state index < -0.39 is 0 Å². The van der Waals surface area contributed by atoms with Gasteiger partial charge in [0.1, 0.15) is 6.54 Å². The van der Waals surface area contributed by atoms with Crippen LogP contribution >= 0.6 is 0 Å². The summed E-state index contributed by atoms with van der Waals surface area (Å²) in [7, 11) is 0. The lowest BCUT2D eigenvalue weighted by atomic mass is 10.2. The van der Waals surface area contributed by atoms with E-state index in [0.717, 1.165) is 24.3 Å². The molecule has 1 fully saturated rings. The first-order chi connectivity index (χ1) is 12.6. The van der Waals surface area contributed by atoms with Crippen LogP contribution in [0.2, 0.25) is 0 Å². The third kappa shape index (κ3) is 4.81. The highest BCUT2D eigenvalue weighted by Crippen LogP contribution is 2.22. The Hall–Kier alpha value is -2.89. The number of amides is 2. The predicted octanol–water partition coefficient (Wildman–Crippen LogP) is 2.67. The smallest absolute Gasteiger partial charge is 0.244 e. The van der Waals surface area contributed by atoms with Gasteiger partial charge in [-0.25, -0.2) is 0 Å². The fourth-order valence-electron chi connectivity index (χ4n) is 3.09. The molecule has 26 heavy (non-hydrogen) atoms. The summed E-state index contributed by atoms with van der Waals surface area (Å²) in [6.45, 7) is 4.06. The van der Waals surface area contributed by atoms with Gasteiger partial charge in [-0.1, -0.05) is 0 Å². The molecule has 1 aromatic heterocycles. The fraction of sp³-hybridized carbons (Fsp3) is 0.350. The zero-order valence-electron chi connectivity index (χ0n) is 15.0. The molecule has 2 heterocycles. The standard InChI is InChI=1S/C20H24N4O2/c1-16(25)24(14-17-8-10-21-11-9-17)15-20(26)22-18-4-6-19(7-5-18)23-12-2-3-13-23/h4-11H,2-3,12-15H2,1H3,(H,22,26). The molecule has 0 aliphatic carbocycles. The van der Waals surface area contributed by atoms with Crippen molar-refractivity contribution >= 4 is 23.2 Å². The van der Waals surface area contributed by atoms with Crippen LogP contribution in [0.3, 0.4) is 0 Å². The summed E-state index contributed by atoms with van der Waals surface area (Å²) in [5.74, 6) is -0.343. The number of nitrogens with zero attached hydrogens (tertiary/aromatic N) is 3. The monoisotopic (exact) mass is 352 g/mol. The Morgan fingerprint density at radius 2 is 1.73 bits per heavy atom. The second kappa shape index (κ2) is 8.47. The zero-order chi connectivity index (χ0) is 18.4. The molecule has 1 aliphatic rings. The second-order valence-electron chi connectivity index (χ2n) is 6.52. The first-order valence-corrected chi connectivity index (χ1v) is 8.91. The highest BCUT2D eigenvalue weighted by atomic mass is 16.2. The van der Waals surface area contributed by atoms with E-state index in [0.29, 0.717) is 6.54 Å². The SMILES string of the molecule is CC(=O)N(CC(=O)Nc1ccc(N2CCCC2)cc1)Cc1ccncc1. The first kappa shape index (κ1) is 17.9. The number of anilines is 2. The number of carbonyl (C=O) groups excluding carboxylic acids is 2. The van der Waals surface area contributed by atoms with E-state index >= 15 is 0 Å². The van der Waals surface area contributed by atoms with Gasteiger partial charge in [-0.15, -0.1) is 0 Å². The minimum atomic E-state index is -0.205. The second-order valence-corrected chi connectivity index (χ2v) is 6.52. The van der Waals surface area contributed by atoms with Crippen LogP contribution in [0.1, 0.15) is 25.3 Å². The van der Waals surface area contributed by atoms with Crippen LogP contribution in [0, 0.1) is 0 Å². The van der Waals surface area contributed by atoms with E-state index in [1.807, 2.05) is 36.4 Å². The van der Waals surface area contributed by atoms with Gasteiger partial charge in [-0.2, -0.15) is 0 Å². The molecule has 0 spiro atoms. The molecular formula is C20H24N4O2. The summed E-state index contributed by atoms with van der Waals surface area (Å²) in [4.78, 5) is 32.0. The van der Waals surface area contributed by atoms with Crippen LogP contribution < -0.4 is 10.2 Å². The largest absolute Gasteiger partial charge is 0.372 e. The van der Waals surface area contributed by atoms with Crippen molar-refractivity contribution in [3.63, 3.8) is 0 Å². The van der Waals surface area contributed by atoms with Crippen LogP contribution in [0.15, 0.2) is 48.8 Å². The molecule has 2 amide bonds. The highest BCUT2D eigenvalue weighted by Gasteiger charge is 2.15. The Morgan fingerprint density at radius 1 is 1.08 bits per heavy atom. The number of pyridine rings is 1. The lowest BCUT2D eigenvalue weighted by Gasteiger charge is -2.21. The molecule has 1 aliphatic heterocycles. The van der Waals surface area contributed by atoms with Crippen molar-refractivity contribution in [2.24, 2.45) is 0 Å². The molecule has 1 aromatic carbocycles. The van der Waals surface area contributed by atoms with Crippen LogP contribution in [0.4, 0.5) is 11.4 Å². The van der Waals surface area contributed by atoms with Crippen LogP contribution in [-0.2, 0) is 16.1 Å². The molecule has 3 rings (SSSR count). The number of rotatable bonds is 6. The molecule has 6 nitrogen and oxygen atoms in total. The molecule has 6 heteroatoms. The van der Waals surface area contributed by atoms with Gasteiger partial charge in [0.2, 0.25) is 11.8 Å². The van der Waals surface area contributed by atoms with E-state index in [2.05, 4.69) is 15.2 Å². The Kier molecular flexibility index (Phi) is 5.84. The molecule has 0 atom stereocenters. The third-order valence-corrected chi connectivity index (χ3v) is 4.52. The van der Waals surface area contributed by atoms with E-state index in [9.17, 15) is 9.59 Å². The number of carbonyl (C=O) groups is 2. The van der Waals surface area contributed by atoms with Gasteiger partial charge < -0.3 is 15.1 Å². The van der Waals surface area contributed by atoms with Gasteiger partial charge in [0.25, 0.3) is 0 Å². The quantitative estimate of drug-likeness (QED) is 0.868. The molecule has 2 aromatic rings. The van der Waals surface area contributed by atoms with E-state index in [4.69, 9.17) is 0 Å². The highest BCUT2D eigenvalue weighted by molar-refractivity contribution is 5.94. The summed E-state index contributed by atoms with van der Waals surface area (Å²) in [6, 6.07) is 11.6. The van der Waals surface area contributed by atoms with Crippen molar-refractivity contribution in [3.05, 3.63) is 54.4 Å². The third-order valence-electron chi connectivity index (χ3n) is 4.52. The zero-order valence-corrected chi connectivity index (χ0v) is 15.0. The molecule has 0 unspecified atom stereocenters. The van der Waals surface area contributed by atoms with E-state index in [1.54, 1.807) is 12.4 Å². The van der Waals surface area contributed by atoms with E-state index in [-0.39, 0.29) is 18.4 Å². The maximum atomic E-state index is 12.3. The Balaban J connectivity index is 1.56. The molecule has 1 saturated heterocycles. The van der Waals surface area contributed by atoms with Crippen molar-refractivity contribution in [1.29, 1.82) is 0 Å². The van der Waals surface area contributed by atoms with Crippen LogP contribution in [0.5, 0.6) is 0 Å². The molecule has 136 valence electrons. The Labute approximate surface area is 153 Å². The van der Waals surface area contributed by atoms with Crippen molar-refractivity contribution in [1.82, 2.24) is 9.88 Å². The first-order valence-electron chi connectivity index (χ1n) is 8.91. The molecule has 0 saturated carbocycles. The average molecular weight is 352 g/mol. The van der Waals surface area contributed by atoms with Crippen LogP contribution in [-0.4, -0.2) is 41.3 Å². The van der Waals surface area contributed by atoms with Crippen LogP contribution in [0.25, 0.3) is 0 Å². The number of nitrogens with one attached hydrogen (secondary N) is 1. The number of aromatic nitrogens is 1. The summed E-state index contributed by atoms with van der Waals surface area (Å²) < 4.78 is 0. The summed E-state index contributed by atoms with van der Waals surface area (Å²) in [6.07, 6.45) is 5.82. The molecule has 0 radical (unpaired) electrons. The van der Waals surface area contributed by atoms with Gasteiger partial charge in [0.05, 0.1) is 0 Å². The van der Waals surface area contributed by atoms with Crippen molar-refractivity contribution in [3.8, 4) is 0 Å². The summed E-state index contributed by atoms with van der Waals surface area (Å²) >= 11 is 0.